The summed E-state index contributed by atoms with van der Waals surface area (Å²) in [6.07, 6.45) is 8.80. The summed E-state index contributed by atoms with van der Waals surface area (Å²) in [5.41, 5.74) is 3.50. The van der Waals surface area contributed by atoms with Crippen LogP contribution in [-0.4, -0.2) is 31.9 Å². The summed E-state index contributed by atoms with van der Waals surface area (Å²) in [4.78, 5) is 23.5. The topological polar surface area (TPSA) is 60.2 Å². The summed E-state index contributed by atoms with van der Waals surface area (Å²) in [6.45, 7) is 4.76. The van der Waals surface area contributed by atoms with E-state index >= 15 is 0 Å². The number of imidazole rings is 1. The number of hydrogen-bond donors (Lipinski definition) is 0. The highest BCUT2D eigenvalue weighted by molar-refractivity contribution is 6.29. The van der Waals surface area contributed by atoms with Crippen molar-refractivity contribution >= 4 is 17.5 Å². The van der Waals surface area contributed by atoms with Gasteiger partial charge in [0.25, 0.3) is 5.91 Å². The van der Waals surface area contributed by atoms with Gasteiger partial charge in [0.05, 0.1) is 6.33 Å². The molecule has 0 unspecified atom stereocenters. The van der Waals surface area contributed by atoms with Crippen molar-refractivity contribution in [2.24, 2.45) is 0 Å². The molecule has 0 N–H and O–H groups in total. The van der Waals surface area contributed by atoms with E-state index in [-0.39, 0.29) is 12.5 Å². The first kappa shape index (κ1) is 22.3. The quantitative estimate of drug-likeness (QED) is 0.344. The van der Waals surface area contributed by atoms with Gasteiger partial charge in [-0.25, -0.2) is 4.98 Å². The Bertz CT molecular complexity index is 1190. The van der Waals surface area contributed by atoms with E-state index in [4.69, 9.17) is 16.3 Å². The number of halogens is 1. The molecule has 0 bridgehead atoms. The number of hydrogen-bond acceptors (Lipinski definition) is 4. The number of benzene rings is 2. The third-order valence-corrected chi connectivity index (χ3v) is 5.10. The van der Waals surface area contributed by atoms with Crippen molar-refractivity contribution in [2.45, 2.75) is 13.1 Å². The molecule has 6 nitrogen and oxygen atoms in total. The summed E-state index contributed by atoms with van der Waals surface area (Å²) >= 11 is 5.76. The second kappa shape index (κ2) is 10.6. The van der Waals surface area contributed by atoms with E-state index in [0.29, 0.717) is 29.4 Å². The molecule has 0 saturated heterocycles. The molecule has 1 amide bonds. The Labute approximate surface area is 197 Å². The van der Waals surface area contributed by atoms with Crippen LogP contribution in [0, 0.1) is 0 Å². The highest BCUT2D eigenvalue weighted by Gasteiger charge is 2.17. The molecule has 33 heavy (non-hydrogen) atoms. The molecule has 2 aromatic heterocycles. The SMILES string of the molecule is C=C(Cl)COc1ccc(CN(Cc2cccnc2)C(=O)c2ccc(-n3ccnc3)cc2)cc1. The van der Waals surface area contributed by atoms with Crippen molar-refractivity contribution in [3.63, 3.8) is 0 Å². The van der Waals surface area contributed by atoms with E-state index < -0.39 is 0 Å². The predicted molar refractivity (Wildman–Crippen MR) is 128 cm³/mol. The fraction of sp³-hybridized carbons (Fsp3) is 0.115. The first-order chi connectivity index (χ1) is 16.1. The number of amides is 1. The minimum absolute atomic E-state index is 0.0604. The Morgan fingerprint density at radius 3 is 2.36 bits per heavy atom. The van der Waals surface area contributed by atoms with Crippen LogP contribution in [0.3, 0.4) is 0 Å². The smallest absolute Gasteiger partial charge is 0.254 e. The van der Waals surface area contributed by atoms with Crippen molar-refractivity contribution < 1.29 is 9.53 Å². The fourth-order valence-electron chi connectivity index (χ4n) is 3.36. The van der Waals surface area contributed by atoms with Gasteiger partial charge in [0, 0.05) is 54.2 Å². The molecule has 7 heteroatoms. The van der Waals surface area contributed by atoms with Gasteiger partial charge in [0.2, 0.25) is 0 Å². The van der Waals surface area contributed by atoms with Gasteiger partial charge in [-0.1, -0.05) is 36.4 Å². The summed E-state index contributed by atoms with van der Waals surface area (Å²) in [6, 6.07) is 18.9. The molecule has 2 heterocycles. The zero-order valence-electron chi connectivity index (χ0n) is 18.0. The lowest BCUT2D eigenvalue weighted by atomic mass is 10.1. The van der Waals surface area contributed by atoms with Gasteiger partial charge in [0.15, 0.2) is 0 Å². The number of nitrogens with zero attached hydrogens (tertiary/aromatic N) is 4. The third kappa shape index (κ3) is 6.08. The first-order valence-corrected chi connectivity index (χ1v) is 10.8. The number of aromatic nitrogens is 3. The van der Waals surface area contributed by atoms with Gasteiger partial charge < -0.3 is 14.2 Å². The minimum Gasteiger partial charge on any atom is -0.488 e. The lowest BCUT2D eigenvalue weighted by molar-refractivity contribution is 0.0730. The molecule has 0 aliphatic heterocycles. The molecule has 4 rings (SSSR count). The highest BCUT2D eigenvalue weighted by atomic mass is 35.5. The van der Waals surface area contributed by atoms with E-state index in [1.807, 2.05) is 71.4 Å². The summed E-state index contributed by atoms with van der Waals surface area (Å²) in [5.74, 6) is 0.635. The van der Waals surface area contributed by atoms with Crippen LogP contribution in [0.2, 0.25) is 0 Å². The Morgan fingerprint density at radius 2 is 1.73 bits per heavy atom. The largest absolute Gasteiger partial charge is 0.488 e. The molecule has 0 atom stereocenters. The number of pyridine rings is 1. The van der Waals surface area contributed by atoms with E-state index in [9.17, 15) is 4.79 Å². The van der Waals surface area contributed by atoms with Gasteiger partial charge in [0.1, 0.15) is 12.4 Å². The van der Waals surface area contributed by atoms with Crippen molar-refractivity contribution in [2.75, 3.05) is 6.61 Å². The summed E-state index contributed by atoms with van der Waals surface area (Å²) in [7, 11) is 0. The first-order valence-electron chi connectivity index (χ1n) is 10.4. The zero-order valence-corrected chi connectivity index (χ0v) is 18.7. The maximum absolute atomic E-state index is 13.4. The van der Waals surface area contributed by atoms with Gasteiger partial charge in [-0.3, -0.25) is 9.78 Å². The Balaban J connectivity index is 1.53. The summed E-state index contributed by atoms with van der Waals surface area (Å²) in [5, 5.41) is 0.436. The normalized spacial score (nSPS) is 10.6. The second-order valence-electron chi connectivity index (χ2n) is 7.49. The van der Waals surface area contributed by atoms with Crippen LogP contribution in [0.4, 0.5) is 0 Å². The lowest BCUT2D eigenvalue weighted by Gasteiger charge is -2.23. The standard InChI is InChI=1S/C26H23ClN4O2/c1-20(27)18-33-25-10-4-21(5-11-25)16-31(17-22-3-2-12-28-15-22)26(32)23-6-8-24(9-7-23)30-14-13-29-19-30/h2-15,19H,1,16-18H2. The minimum atomic E-state index is -0.0604. The van der Waals surface area contributed by atoms with Gasteiger partial charge in [-0.05, 0) is 53.6 Å². The van der Waals surface area contributed by atoms with E-state index in [0.717, 1.165) is 16.8 Å². The van der Waals surface area contributed by atoms with Crippen LogP contribution >= 0.6 is 11.6 Å². The molecule has 0 aliphatic rings. The maximum Gasteiger partial charge on any atom is 0.254 e. The molecule has 0 spiro atoms. The molecule has 0 saturated carbocycles. The number of carbonyl (C=O) groups excluding carboxylic acids is 1. The average molecular weight is 459 g/mol. The van der Waals surface area contributed by atoms with Crippen LogP contribution < -0.4 is 4.74 Å². The van der Waals surface area contributed by atoms with Crippen LogP contribution in [0.5, 0.6) is 5.75 Å². The number of ether oxygens (including phenoxy) is 1. The molecular formula is C26H23ClN4O2. The molecule has 0 aliphatic carbocycles. The predicted octanol–water partition coefficient (Wildman–Crippen LogP) is 5.24. The average Bonchev–Trinajstić information content (AvgIpc) is 3.39. The molecule has 4 aromatic rings. The van der Waals surface area contributed by atoms with Crippen LogP contribution in [0.1, 0.15) is 21.5 Å². The van der Waals surface area contributed by atoms with Crippen molar-refractivity contribution in [3.05, 3.63) is 120 Å². The van der Waals surface area contributed by atoms with Crippen molar-refractivity contribution in [3.8, 4) is 11.4 Å². The number of rotatable bonds is 9. The molecular weight excluding hydrogens is 436 g/mol. The van der Waals surface area contributed by atoms with Crippen LogP contribution in [-0.2, 0) is 13.1 Å². The maximum atomic E-state index is 13.4. The van der Waals surface area contributed by atoms with Gasteiger partial charge in [-0.2, -0.15) is 0 Å². The van der Waals surface area contributed by atoms with E-state index in [2.05, 4.69) is 16.5 Å². The molecule has 0 radical (unpaired) electrons. The van der Waals surface area contributed by atoms with E-state index in [1.54, 1.807) is 29.8 Å². The van der Waals surface area contributed by atoms with Crippen LogP contribution in [0.25, 0.3) is 5.69 Å². The Hall–Kier alpha value is -3.90. The highest BCUT2D eigenvalue weighted by Crippen LogP contribution is 2.19. The fourth-order valence-corrected chi connectivity index (χ4v) is 3.41. The Kier molecular flexibility index (Phi) is 7.17. The van der Waals surface area contributed by atoms with Gasteiger partial charge >= 0.3 is 0 Å². The van der Waals surface area contributed by atoms with Gasteiger partial charge in [-0.15, -0.1) is 0 Å². The second-order valence-corrected chi connectivity index (χ2v) is 8.02. The monoisotopic (exact) mass is 458 g/mol. The zero-order chi connectivity index (χ0) is 23.0. The third-order valence-electron chi connectivity index (χ3n) is 4.99. The number of carbonyl (C=O) groups is 1. The van der Waals surface area contributed by atoms with Crippen LogP contribution in [0.15, 0.2) is 103 Å². The molecule has 0 fully saturated rings. The van der Waals surface area contributed by atoms with Crippen molar-refractivity contribution in [1.29, 1.82) is 0 Å². The lowest BCUT2D eigenvalue weighted by Crippen LogP contribution is -2.30. The summed E-state index contributed by atoms with van der Waals surface area (Å²) < 4.78 is 7.45. The molecule has 166 valence electrons. The van der Waals surface area contributed by atoms with Crippen molar-refractivity contribution in [1.82, 2.24) is 19.4 Å². The Morgan fingerprint density at radius 1 is 0.970 bits per heavy atom. The van der Waals surface area contributed by atoms with E-state index in [1.165, 1.54) is 0 Å². The molecule has 2 aromatic carbocycles.